The number of thioether (sulfide) groups is 1. The van der Waals surface area contributed by atoms with Crippen molar-refractivity contribution in [1.82, 2.24) is 9.97 Å². The minimum absolute atomic E-state index is 0.0860. The second-order valence-corrected chi connectivity index (χ2v) is 9.32. The van der Waals surface area contributed by atoms with Crippen molar-refractivity contribution in [2.45, 2.75) is 24.3 Å². The lowest BCUT2D eigenvalue weighted by Crippen LogP contribution is -2.25. The number of anilines is 1. The fourth-order valence-electron chi connectivity index (χ4n) is 3.66. The molecule has 1 aliphatic rings. The molecule has 3 heterocycles. The van der Waals surface area contributed by atoms with Gasteiger partial charge in [-0.25, -0.2) is 9.97 Å². The molecule has 0 spiro atoms. The fourth-order valence-corrected chi connectivity index (χ4v) is 5.23. The molecular formula is C22H21N3O3S2. The zero-order valence-electron chi connectivity index (χ0n) is 16.9. The van der Waals surface area contributed by atoms with Crippen LogP contribution in [-0.2, 0) is 19.7 Å². The number of hydrogen-bond donors (Lipinski definition) is 0. The molecule has 0 fully saturated rings. The predicted octanol–water partition coefficient (Wildman–Crippen LogP) is 4.21. The first-order valence-corrected chi connectivity index (χ1v) is 11.3. The van der Waals surface area contributed by atoms with Crippen molar-refractivity contribution in [2.24, 2.45) is 0 Å². The number of carbonyl (C=O) groups excluding carboxylic acids is 2. The molecule has 1 aliphatic heterocycles. The van der Waals surface area contributed by atoms with E-state index in [1.165, 1.54) is 35.0 Å². The van der Waals surface area contributed by atoms with Gasteiger partial charge < -0.3 is 9.64 Å². The number of fused-ring (bicyclic) bond motifs is 2. The van der Waals surface area contributed by atoms with E-state index in [0.717, 1.165) is 26.6 Å². The maximum absolute atomic E-state index is 12.5. The van der Waals surface area contributed by atoms with Gasteiger partial charge in [-0.1, -0.05) is 43.8 Å². The number of benzene rings is 1. The van der Waals surface area contributed by atoms with E-state index in [9.17, 15) is 9.59 Å². The molecule has 0 radical (unpaired) electrons. The van der Waals surface area contributed by atoms with E-state index in [1.54, 1.807) is 6.08 Å². The van der Waals surface area contributed by atoms with Crippen LogP contribution in [0.15, 0.2) is 58.8 Å². The van der Waals surface area contributed by atoms with Gasteiger partial charge in [0.25, 0.3) is 0 Å². The summed E-state index contributed by atoms with van der Waals surface area (Å²) in [6.45, 7) is 3.90. The summed E-state index contributed by atoms with van der Waals surface area (Å²) in [5, 5.41) is 3.60. The van der Waals surface area contributed by atoms with Crippen LogP contribution in [0, 0.1) is 0 Å². The Morgan fingerprint density at radius 1 is 1.23 bits per heavy atom. The number of esters is 1. The fraction of sp³-hybridized carbons (Fsp3) is 0.273. The lowest BCUT2D eigenvalue weighted by molar-refractivity contribution is -0.144. The van der Waals surface area contributed by atoms with Gasteiger partial charge in [-0.2, -0.15) is 0 Å². The predicted molar refractivity (Wildman–Crippen MR) is 120 cm³/mol. The molecular weight excluding hydrogens is 418 g/mol. The number of carbonyl (C=O) groups is 2. The average molecular weight is 440 g/mol. The zero-order chi connectivity index (χ0) is 21.3. The van der Waals surface area contributed by atoms with Gasteiger partial charge in [0.1, 0.15) is 16.2 Å². The lowest BCUT2D eigenvalue weighted by atomic mass is 9.83. The van der Waals surface area contributed by atoms with Crippen LogP contribution in [0.1, 0.15) is 19.4 Å². The third kappa shape index (κ3) is 3.85. The standard InChI is InChI=1S/C22H21N3O3S2/c1-22(2)16-6-4-5-7-17(16)25(3)18(22)10-14(26)11-28-19(27)12-30-21-15-8-9-29-20(15)23-13-24-21/h4-10,13H,11-12H2,1-3H3/b18-10-. The highest BCUT2D eigenvalue weighted by atomic mass is 32.2. The molecule has 0 amide bonds. The molecule has 1 aromatic carbocycles. The Labute approximate surface area is 183 Å². The minimum Gasteiger partial charge on any atom is -0.457 e. The van der Waals surface area contributed by atoms with E-state index in [4.69, 9.17) is 4.74 Å². The Morgan fingerprint density at radius 3 is 2.83 bits per heavy atom. The second kappa shape index (κ2) is 8.20. The summed E-state index contributed by atoms with van der Waals surface area (Å²) in [4.78, 5) is 36.0. The maximum Gasteiger partial charge on any atom is 0.316 e. The lowest BCUT2D eigenvalue weighted by Gasteiger charge is -2.23. The number of ketones is 1. The molecule has 0 N–H and O–H groups in total. The molecule has 0 saturated heterocycles. The van der Waals surface area contributed by atoms with Crippen LogP contribution in [0.3, 0.4) is 0 Å². The van der Waals surface area contributed by atoms with E-state index >= 15 is 0 Å². The average Bonchev–Trinajstić information content (AvgIpc) is 3.29. The van der Waals surface area contributed by atoms with Gasteiger partial charge in [0.2, 0.25) is 0 Å². The molecule has 4 rings (SSSR count). The number of nitrogens with zero attached hydrogens (tertiary/aromatic N) is 3. The first-order chi connectivity index (χ1) is 14.4. The highest BCUT2D eigenvalue weighted by molar-refractivity contribution is 8.00. The van der Waals surface area contributed by atoms with Crippen LogP contribution in [0.5, 0.6) is 0 Å². The summed E-state index contributed by atoms with van der Waals surface area (Å²) in [7, 11) is 1.95. The van der Waals surface area contributed by atoms with Gasteiger partial charge in [-0.05, 0) is 23.1 Å². The molecule has 0 unspecified atom stereocenters. The molecule has 3 aromatic rings. The molecule has 30 heavy (non-hydrogen) atoms. The summed E-state index contributed by atoms with van der Waals surface area (Å²) in [5.41, 5.74) is 2.85. The summed E-state index contributed by atoms with van der Waals surface area (Å²) in [6, 6.07) is 10.0. The molecule has 0 bridgehead atoms. The summed E-state index contributed by atoms with van der Waals surface area (Å²) >= 11 is 2.81. The van der Waals surface area contributed by atoms with Crippen molar-refractivity contribution in [3.05, 3.63) is 59.4 Å². The van der Waals surface area contributed by atoms with E-state index in [2.05, 4.69) is 29.9 Å². The molecule has 0 aliphatic carbocycles. The Kier molecular flexibility index (Phi) is 5.62. The summed E-state index contributed by atoms with van der Waals surface area (Å²) in [6.07, 6.45) is 3.07. The van der Waals surface area contributed by atoms with Crippen LogP contribution in [-0.4, -0.2) is 41.1 Å². The smallest absolute Gasteiger partial charge is 0.316 e. The number of rotatable bonds is 6. The first-order valence-electron chi connectivity index (χ1n) is 9.43. The largest absolute Gasteiger partial charge is 0.457 e. The third-order valence-electron chi connectivity index (χ3n) is 5.17. The molecule has 0 atom stereocenters. The van der Waals surface area contributed by atoms with E-state index < -0.39 is 5.97 Å². The van der Waals surface area contributed by atoms with Crippen LogP contribution in [0.2, 0.25) is 0 Å². The number of thiophene rings is 1. The summed E-state index contributed by atoms with van der Waals surface area (Å²) < 4.78 is 5.20. The van der Waals surface area contributed by atoms with Crippen molar-refractivity contribution in [2.75, 3.05) is 24.3 Å². The van der Waals surface area contributed by atoms with Gasteiger partial charge in [0.15, 0.2) is 12.4 Å². The van der Waals surface area contributed by atoms with Crippen LogP contribution >= 0.6 is 23.1 Å². The molecule has 2 aromatic heterocycles. The topological polar surface area (TPSA) is 72.4 Å². The maximum atomic E-state index is 12.5. The van der Waals surface area contributed by atoms with Gasteiger partial charge in [0.05, 0.1) is 5.75 Å². The molecule has 8 heteroatoms. The monoisotopic (exact) mass is 439 g/mol. The van der Waals surface area contributed by atoms with Gasteiger partial charge in [-0.3, -0.25) is 9.59 Å². The quantitative estimate of drug-likeness (QED) is 0.247. The Bertz CT molecular complexity index is 1150. The van der Waals surface area contributed by atoms with Crippen LogP contribution in [0.4, 0.5) is 5.69 Å². The van der Waals surface area contributed by atoms with Crippen molar-refractivity contribution in [1.29, 1.82) is 0 Å². The van der Waals surface area contributed by atoms with Crippen molar-refractivity contribution in [3.63, 3.8) is 0 Å². The van der Waals surface area contributed by atoms with Crippen molar-refractivity contribution >= 4 is 50.8 Å². The number of ether oxygens (including phenoxy) is 1. The van der Waals surface area contributed by atoms with E-state index in [-0.39, 0.29) is 23.6 Å². The third-order valence-corrected chi connectivity index (χ3v) is 6.97. The number of hydrogen-bond acceptors (Lipinski definition) is 8. The van der Waals surface area contributed by atoms with Crippen molar-refractivity contribution < 1.29 is 14.3 Å². The highest BCUT2D eigenvalue weighted by Crippen LogP contribution is 2.46. The van der Waals surface area contributed by atoms with Gasteiger partial charge >= 0.3 is 5.97 Å². The van der Waals surface area contributed by atoms with Crippen molar-refractivity contribution in [3.8, 4) is 0 Å². The SMILES string of the molecule is CN1/C(=C\C(=O)COC(=O)CSc2ncnc3sccc23)C(C)(C)c2ccccc21. The molecule has 0 saturated carbocycles. The number of likely N-dealkylation sites (N-methyl/N-ethyl adjacent to an activating group) is 1. The van der Waals surface area contributed by atoms with Gasteiger partial charge in [-0.15, -0.1) is 11.3 Å². The van der Waals surface area contributed by atoms with E-state index in [1.807, 2.05) is 41.6 Å². The second-order valence-electron chi connectivity index (χ2n) is 7.46. The molecule has 6 nitrogen and oxygen atoms in total. The molecule has 154 valence electrons. The number of allylic oxidation sites excluding steroid dienone is 1. The van der Waals surface area contributed by atoms with Crippen LogP contribution in [0.25, 0.3) is 10.2 Å². The highest BCUT2D eigenvalue weighted by Gasteiger charge is 2.38. The Morgan fingerprint density at radius 2 is 2.03 bits per heavy atom. The Hall–Kier alpha value is -2.71. The minimum atomic E-state index is -0.448. The van der Waals surface area contributed by atoms with Gasteiger partial charge in [0, 0.05) is 35.3 Å². The van der Waals surface area contributed by atoms with Crippen LogP contribution < -0.4 is 4.90 Å². The first kappa shape index (κ1) is 20.6. The number of aromatic nitrogens is 2. The summed E-state index contributed by atoms with van der Waals surface area (Å²) in [5.74, 6) is -0.600. The Balaban J connectivity index is 1.36. The normalized spacial score (nSPS) is 16.1. The van der Waals surface area contributed by atoms with E-state index in [0.29, 0.717) is 0 Å². The number of para-hydroxylation sites is 1. The zero-order valence-corrected chi connectivity index (χ0v) is 18.5.